The fraction of sp³-hybridized carbons (Fsp3) is 0.455. The summed E-state index contributed by atoms with van der Waals surface area (Å²) < 4.78 is 12.0. The molecule has 0 N–H and O–H groups in total. The van der Waals surface area contributed by atoms with Gasteiger partial charge in [0, 0.05) is 0 Å². The molecule has 0 spiro atoms. The maximum Gasteiger partial charge on any atom is 0.106 e. The molecule has 128 valence electrons. The third kappa shape index (κ3) is 4.46. The number of unbranched alkanes of at least 4 members (excludes halogenated alkanes) is 2. The highest BCUT2D eigenvalue weighted by molar-refractivity contribution is 5.64. The topological polar surface area (TPSA) is 18.5 Å². The molecule has 1 aliphatic rings. The van der Waals surface area contributed by atoms with Crippen molar-refractivity contribution in [3.8, 4) is 11.1 Å². The van der Waals surface area contributed by atoms with E-state index in [1.54, 1.807) is 0 Å². The summed E-state index contributed by atoms with van der Waals surface area (Å²) in [4.78, 5) is 0. The molecule has 1 fully saturated rings. The van der Waals surface area contributed by atoms with E-state index in [1.807, 2.05) is 0 Å². The number of hydrogen-bond acceptors (Lipinski definition) is 2. The van der Waals surface area contributed by atoms with E-state index in [1.165, 1.54) is 41.5 Å². The zero-order valence-electron chi connectivity index (χ0n) is 14.8. The smallest absolute Gasteiger partial charge is 0.106 e. The highest BCUT2D eigenvalue weighted by atomic mass is 16.6. The number of aryl methyl sites for hydroxylation is 1. The Morgan fingerprint density at radius 2 is 1.50 bits per heavy atom. The lowest BCUT2D eigenvalue weighted by molar-refractivity contribution is -0.137. The van der Waals surface area contributed by atoms with Crippen LogP contribution in [0.1, 0.15) is 49.8 Å². The van der Waals surface area contributed by atoms with Crippen LogP contribution in [0.3, 0.4) is 0 Å². The third-order valence-electron chi connectivity index (χ3n) is 4.76. The van der Waals surface area contributed by atoms with Crippen LogP contribution < -0.4 is 0 Å². The lowest BCUT2D eigenvalue weighted by Crippen LogP contribution is -2.31. The molecule has 2 aromatic rings. The summed E-state index contributed by atoms with van der Waals surface area (Å²) in [5.74, 6) is 0. The minimum atomic E-state index is 0.0690. The van der Waals surface area contributed by atoms with Crippen LogP contribution in [0.4, 0.5) is 0 Å². The fourth-order valence-corrected chi connectivity index (χ4v) is 3.16. The molecule has 0 aliphatic carbocycles. The Hall–Kier alpha value is -1.64. The Balaban J connectivity index is 1.56. The molecular weight excluding hydrogens is 296 g/mol. The quantitative estimate of drug-likeness (QED) is 0.635. The van der Waals surface area contributed by atoms with Crippen LogP contribution in [-0.4, -0.2) is 19.3 Å². The van der Waals surface area contributed by atoms with Crippen LogP contribution >= 0.6 is 0 Å². The van der Waals surface area contributed by atoms with Crippen molar-refractivity contribution in [3.63, 3.8) is 0 Å². The normalized spacial score (nSPS) is 20.9. The third-order valence-corrected chi connectivity index (χ3v) is 4.76. The predicted molar refractivity (Wildman–Crippen MR) is 99.2 cm³/mol. The van der Waals surface area contributed by atoms with Gasteiger partial charge in [-0.25, -0.2) is 0 Å². The van der Waals surface area contributed by atoms with Gasteiger partial charge in [-0.2, -0.15) is 0 Å². The average Bonchev–Trinajstić information content (AvgIpc) is 2.63. The molecule has 0 radical (unpaired) electrons. The van der Waals surface area contributed by atoms with Crippen LogP contribution in [0, 0.1) is 6.92 Å². The van der Waals surface area contributed by atoms with Gasteiger partial charge in [-0.3, -0.25) is 0 Å². The van der Waals surface area contributed by atoms with E-state index in [4.69, 9.17) is 9.47 Å². The van der Waals surface area contributed by atoms with Gasteiger partial charge in [-0.15, -0.1) is 0 Å². The summed E-state index contributed by atoms with van der Waals surface area (Å²) in [5.41, 5.74) is 4.99. The van der Waals surface area contributed by atoms with Crippen molar-refractivity contribution in [3.05, 3.63) is 59.7 Å². The summed E-state index contributed by atoms with van der Waals surface area (Å²) in [5, 5.41) is 0. The Morgan fingerprint density at radius 1 is 0.833 bits per heavy atom. The van der Waals surface area contributed by atoms with E-state index >= 15 is 0 Å². The van der Waals surface area contributed by atoms with Crippen molar-refractivity contribution in [1.29, 1.82) is 0 Å². The van der Waals surface area contributed by atoms with Crippen molar-refractivity contribution in [2.75, 3.05) is 13.2 Å². The highest BCUT2D eigenvalue weighted by Gasteiger charge is 2.23. The first kappa shape index (κ1) is 17.2. The first-order valence-corrected chi connectivity index (χ1v) is 9.16. The Labute approximate surface area is 145 Å². The minimum Gasteiger partial charge on any atom is -0.373 e. The summed E-state index contributed by atoms with van der Waals surface area (Å²) >= 11 is 0. The molecule has 2 unspecified atom stereocenters. The van der Waals surface area contributed by atoms with E-state index in [-0.39, 0.29) is 12.2 Å². The second kappa shape index (κ2) is 8.46. The highest BCUT2D eigenvalue weighted by Crippen LogP contribution is 2.27. The van der Waals surface area contributed by atoms with Crippen molar-refractivity contribution in [2.45, 2.75) is 51.7 Å². The number of hydrogen-bond donors (Lipinski definition) is 0. The molecule has 1 saturated heterocycles. The van der Waals surface area contributed by atoms with Crippen molar-refractivity contribution in [1.82, 2.24) is 0 Å². The molecule has 0 bridgehead atoms. The molecule has 1 aliphatic heterocycles. The number of ether oxygens (including phenoxy) is 2. The molecule has 24 heavy (non-hydrogen) atoms. The van der Waals surface area contributed by atoms with E-state index in [0.29, 0.717) is 13.2 Å². The van der Waals surface area contributed by atoms with E-state index in [9.17, 15) is 0 Å². The molecule has 2 heteroatoms. The molecule has 0 amide bonds. The van der Waals surface area contributed by atoms with Crippen LogP contribution in [0.25, 0.3) is 11.1 Å². The van der Waals surface area contributed by atoms with E-state index in [2.05, 4.69) is 62.4 Å². The minimum absolute atomic E-state index is 0.0690. The summed E-state index contributed by atoms with van der Waals surface area (Å²) in [6, 6.07) is 17.3. The van der Waals surface area contributed by atoms with E-state index < -0.39 is 0 Å². The molecule has 1 heterocycles. The van der Waals surface area contributed by atoms with Crippen molar-refractivity contribution >= 4 is 0 Å². The second-order valence-corrected chi connectivity index (χ2v) is 6.76. The van der Waals surface area contributed by atoms with Gasteiger partial charge in [0.15, 0.2) is 0 Å². The Bertz CT molecular complexity index is 607. The van der Waals surface area contributed by atoms with Crippen LogP contribution in [0.2, 0.25) is 0 Å². The SMILES string of the molecule is CCCCCC1COC(c2ccc(-c3ccc(C)cc3)cc2)CO1. The van der Waals surface area contributed by atoms with Crippen LogP contribution in [0.5, 0.6) is 0 Å². The first-order valence-electron chi connectivity index (χ1n) is 9.16. The van der Waals surface area contributed by atoms with Gasteiger partial charge < -0.3 is 9.47 Å². The predicted octanol–water partition coefficient (Wildman–Crippen LogP) is 5.70. The van der Waals surface area contributed by atoms with Crippen LogP contribution in [-0.2, 0) is 9.47 Å². The molecule has 2 atom stereocenters. The second-order valence-electron chi connectivity index (χ2n) is 6.76. The maximum absolute atomic E-state index is 6.04. The molecule has 0 aromatic heterocycles. The summed E-state index contributed by atoms with van der Waals surface area (Å²) in [7, 11) is 0. The van der Waals surface area contributed by atoms with Crippen molar-refractivity contribution < 1.29 is 9.47 Å². The van der Waals surface area contributed by atoms with Crippen LogP contribution in [0.15, 0.2) is 48.5 Å². The van der Waals surface area contributed by atoms with Crippen molar-refractivity contribution in [2.24, 2.45) is 0 Å². The van der Waals surface area contributed by atoms with Gasteiger partial charge in [-0.05, 0) is 30.0 Å². The lowest BCUT2D eigenvalue weighted by atomic mass is 10.0. The maximum atomic E-state index is 6.04. The van der Waals surface area contributed by atoms with Gasteiger partial charge in [0.25, 0.3) is 0 Å². The standard InChI is InChI=1S/C22H28O2/c1-3-4-5-6-21-15-24-22(16-23-21)20-13-11-19(12-14-20)18-9-7-17(2)8-10-18/h7-14,21-22H,3-6,15-16H2,1-2H3. The largest absolute Gasteiger partial charge is 0.373 e. The number of benzene rings is 2. The molecular formula is C22H28O2. The Kier molecular flexibility index (Phi) is 6.06. The van der Waals surface area contributed by atoms with Gasteiger partial charge in [0.2, 0.25) is 0 Å². The first-order chi connectivity index (χ1) is 11.8. The summed E-state index contributed by atoms with van der Waals surface area (Å²) in [6.07, 6.45) is 5.24. The van der Waals surface area contributed by atoms with Gasteiger partial charge >= 0.3 is 0 Å². The monoisotopic (exact) mass is 324 g/mol. The van der Waals surface area contributed by atoms with Gasteiger partial charge in [0.05, 0.1) is 19.3 Å². The van der Waals surface area contributed by atoms with Gasteiger partial charge in [0.1, 0.15) is 6.10 Å². The fourth-order valence-electron chi connectivity index (χ4n) is 3.16. The molecule has 3 rings (SSSR count). The van der Waals surface area contributed by atoms with Gasteiger partial charge in [-0.1, -0.05) is 80.3 Å². The van der Waals surface area contributed by atoms with E-state index in [0.717, 1.165) is 6.42 Å². The zero-order chi connectivity index (χ0) is 16.8. The average molecular weight is 324 g/mol. The molecule has 2 aromatic carbocycles. The lowest BCUT2D eigenvalue weighted by Gasteiger charge is -2.30. The molecule has 2 nitrogen and oxygen atoms in total. The summed E-state index contributed by atoms with van der Waals surface area (Å²) in [6.45, 7) is 5.73. The zero-order valence-corrected chi connectivity index (χ0v) is 14.8. The Morgan fingerprint density at radius 3 is 2.08 bits per heavy atom. The molecule has 0 saturated carbocycles. The number of rotatable bonds is 6.